The van der Waals surface area contributed by atoms with Gasteiger partial charge in [0.2, 0.25) is 11.7 Å². The Morgan fingerprint density at radius 2 is 1.91 bits per heavy atom. The minimum absolute atomic E-state index is 0.0413. The Hall–Kier alpha value is -2.95. The second kappa shape index (κ2) is 9.12. The monoisotopic (exact) mass is 469 g/mol. The highest BCUT2D eigenvalue weighted by Crippen LogP contribution is 2.40. The van der Waals surface area contributed by atoms with Gasteiger partial charge in [0.15, 0.2) is 11.6 Å². The van der Waals surface area contributed by atoms with Gasteiger partial charge in [-0.2, -0.15) is 4.39 Å². The summed E-state index contributed by atoms with van der Waals surface area (Å²) in [6.45, 7) is 6.97. The summed E-state index contributed by atoms with van der Waals surface area (Å²) in [6, 6.07) is -0.171. The van der Waals surface area contributed by atoms with Crippen LogP contribution in [0.5, 0.6) is 5.75 Å². The molecule has 9 nitrogen and oxygen atoms in total. The van der Waals surface area contributed by atoms with Crippen LogP contribution in [0.15, 0.2) is 12.1 Å². The first-order valence-corrected chi connectivity index (χ1v) is 10.7. The first-order valence-electron chi connectivity index (χ1n) is 10.7. The molecule has 1 saturated heterocycles. The fourth-order valence-corrected chi connectivity index (χ4v) is 3.67. The summed E-state index contributed by atoms with van der Waals surface area (Å²) >= 11 is 0. The minimum Gasteiger partial charge on any atom is -0.479 e. The molecule has 0 aliphatic carbocycles. The van der Waals surface area contributed by atoms with Crippen LogP contribution in [0.1, 0.15) is 40.5 Å². The maximum atomic E-state index is 14.5. The van der Waals surface area contributed by atoms with Gasteiger partial charge in [0.05, 0.1) is 18.9 Å². The van der Waals surface area contributed by atoms with Gasteiger partial charge in [-0.1, -0.05) is 0 Å². The van der Waals surface area contributed by atoms with Crippen molar-refractivity contribution in [1.82, 2.24) is 10.2 Å². The highest BCUT2D eigenvalue weighted by Gasteiger charge is 2.50. The smallest absolute Gasteiger partial charge is 0.410 e. The van der Waals surface area contributed by atoms with Crippen molar-refractivity contribution in [1.29, 1.82) is 0 Å². The van der Waals surface area contributed by atoms with Crippen LogP contribution in [-0.4, -0.2) is 66.4 Å². The van der Waals surface area contributed by atoms with Crippen molar-refractivity contribution in [3.05, 3.63) is 23.8 Å². The Balaban J connectivity index is 1.87. The molecule has 11 heteroatoms. The van der Waals surface area contributed by atoms with Crippen LogP contribution in [0.3, 0.4) is 0 Å². The maximum absolute atomic E-state index is 14.5. The average Bonchev–Trinajstić information content (AvgIpc) is 2.85. The first-order chi connectivity index (χ1) is 15.3. The van der Waals surface area contributed by atoms with Crippen molar-refractivity contribution in [2.45, 2.75) is 63.8 Å². The molecule has 2 heterocycles. The van der Waals surface area contributed by atoms with Gasteiger partial charge in [0.25, 0.3) is 5.91 Å². The van der Waals surface area contributed by atoms with Crippen LogP contribution < -0.4 is 15.4 Å². The Labute approximate surface area is 190 Å². The SMILES string of the molecule is C[C@@H](C(=O)N[C@H]1C(=O)Nc2ccc(F)c(F)c2OC12CCOCC2)N(C)C(=O)OC(C)(C)C. The number of halogens is 2. The Kier molecular flexibility index (Phi) is 6.83. The number of likely N-dealkylation sites (N-methyl/N-ethyl adjacent to an activating group) is 1. The zero-order chi connectivity index (χ0) is 24.6. The fourth-order valence-electron chi connectivity index (χ4n) is 3.67. The van der Waals surface area contributed by atoms with E-state index in [0.29, 0.717) is 0 Å². The first kappa shape index (κ1) is 24.7. The van der Waals surface area contributed by atoms with E-state index in [0.717, 1.165) is 11.0 Å². The number of carbonyl (C=O) groups is 3. The molecule has 2 atom stereocenters. The van der Waals surface area contributed by atoms with Gasteiger partial charge in [-0.3, -0.25) is 14.5 Å². The number of benzene rings is 1. The fraction of sp³-hybridized carbons (Fsp3) is 0.591. The third-order valence-corrected chi connectivity index (χ3v) is 5.67. The maximum Gasteiger partial charge on any atom is 0.410 e. The molecule has 0 radical (unpaired) electrons. The third kappa shape index (κ3) is 5.18. The van der Waals surface area contributed by atoms with Gasteiger partial charge in [0.1, 0.15) is 23.3 Å². The zero-order valence-corrected chi connectivity index (χ0v) is 19.3. The lowest BCUT2D eigenvalue weighted by atomic mass is 9.85. The molecule has 1 aromatic carbocycles. The van der Waals surface area contributed by atoms with Crippen molar-refractivity contribution in [2.24, 2.45) is 0 Å². The molecule has 0 saturated carbocycles. The van der Waals surface area contributed by atoms with E-state index in [-0.39, 0.29) is 31.7 Å². The summed E-state index contributed by atoms with van der Waals surface area (Å²) in [5, 5.41) is 5.15. The molecule has 2 N–H and O–H groups in total. The number of fused-ring (bicyclic) bond motifs is 1. The average molecular weight is 469 g/mol. The van der Waals surface area contributed by atoms with E-state index in [1.54, 1.807) is 20.8 Å². The number of hydrogen-bond donors (Lipinski definition) is 2. The van der Waals surface area contributed by atoms with Gasteiger partial charge in [0, 0.05) is 19.9 Å². The van der Waals surface area contributed by atoms with Crippen molar-refractivity contribution < 1.29 is 37.4 Å². The molecule has 0 aromatic heterocycles. The third-order valence-electron chi connectivity index (χ3n) is 5.67. The van der Waals surface area contributed by atoms with E-state index in [9.17, 15) is 23.2 Å². The van der Waals surface area contributed by atoms with Crippen molar-refractivity contribution >= 4 is 23.6 Å². The molecule has 1 aromatic rings. The normalized spacial score (nSPS) is 20.6. The molecule has 1 fully saturated rings. The molecule has 33 heavy (non-hydrogen) atoms. The van der Waals surface area contributed by atoms with Gasteiger partial charge in [-0.25, -0.2) is 9.18 Å². The van der Waals surface area contributed by atoms with Crippen LogP contribution in [-0.2, 0) is 19.1 Å². The molecule has 1 spiro atoms. The van der Waals surface area contributed by atoms with Gasteiger partial charge in [-0.05, 0) is 39.8 Å². The summed E-state index contributed by atoms with van der Waals surface area (Å²) in [5.74, 6) is -4.08. The molecule has 0 unspecified atom stereocenters. The number of anilines is 1. The number of nitrogens with one attached hydrogen (secondary N) is 2. The molecule has 3 rings (SSSR count). The van der Waals surface area contributed by atoms with E-state index in [1.807, 2.05) is 0 Å². The number of nitrogens with zero attached hydrogens (tertiary/aromatic N) is 1. The van der Waals surface area contributed by atoms with Crippen molar-refractivity contribution in [2.75, 3.05) is 25.6 Å². The molecule has 2 aliphatic rings. The quantitative estimate of drug-likeness (QED) is 0.705. The predicted molar refractivity (Wildman–Crippen MR) is 114 cm³/mol. The molecular formula is C22H29F2N3O6. The number of carbonyl (C=O) groups excluding carboxylic acids is 3. The second-order valence-corrected chi connectivity index (χ2v) is 9.22. The van der Waals surface area contributed by atoms with E-state index in [4.69, 9.17) is 14.2 Å². The largest absolute Gasteiger partial charge is 0.479 e. The zero-order valence-electron chi connectivity index (χ0n) is 19.3. The van der Waals surface area contributed by atoms with Crippen LogP contribution in [0.25, 0.3) is 0 Å². The van der Waals surface area contributed by atoms with Gasteiger partial charge < -0.3 is 24.8 Å². The lowest BCUT2D eigenvalue weighted by Gasteiger charge is -2.41. The van der Waals surface area contributed by atoms with Crippen molar-refractivity contribution in [3.8, 4) is 5.75 Å². The Morgan fingerprint density at radius 3 is 2.52 bits per heavy atom. The van der Waals surface area contributed by atoms with Gasteiger partial charge >= 0.3 is 6.09 Å². The van der Waals surface area contributed by atoms with E-state index in [1.165, 1.54) is 20.0 Å². The van der Waals surface area contributed by atoms with Crippen LogP contribution in [0, 0.1) is 11.6 Å². The minimum atomic E-state index is -1.37. The van der Waals surface area contributed by atoms with Crippen LogP contribution in [0.2, 0.25) is 0 Å². The Morgan fingerprint density at radius 1 is 1.27 bits per heavy atom. The number of hydrogen-bond acceptors (Lipinski definition) is 6. The number of ether oxygens (including phenoxy) is 3. The lowest BCUT2D eigenvalue weighted by Crippen LogP contribution is -2.64. The molecule has 182 valence electrons. The van der Waals surface area contributed by atoms with Crippen molar-refractivity contribution in [3.63, 3.8) is 0 Å². The molecular weight excluding hydrogens is 440 g/mol. The number of rotatable bonds is 3. The highest BCUT2D eigenvalue weighted by molar-refractivity contribution is 6.00. The lowest BCUT2D eigenvalue weighted by molar-refractivity contribution is -0.138. The van der Waals surface area contributed by atoms with E-state index in [2.05, 4.69) is 10.6 Å². The number of amides is 3. The highest BCUT2D eigenvalue weighted by atomic mass is 19.2. The van der Waals surface area contributed by atoms with E-state index < -0.39 is 58.6 Å². The molecule has 2 aliphatic heterocycles. The van der Waals surface area contributed by atoms with Crippen LogP contribution in [0.4, 0.5) is 19.3 Å². The summed E-state index contributed by atoms with van der Waals surface area (Å²) < 4.78 is 45.0. The second-order valence-electron chi connectivity index (χ2n) is 9.22. The van der Waals surface area contributed by atoms with Gasteiger partial charge in [-0.15, -0.1) is 0 Å². The topological polar surface area (TPSA) is 106 Å². The summed E-state index contributed by atoms with van der Waals surface area (Å²) in [6.07, 6.45) is -0.411. The predicted octanol–water partition coefficient (Wildman–Crippen LogP) is 2.59. The summed E-state index contributed by atoms with van der Waals surface area (Å²) in [4.78, 5) is 39.6. The summed E-state index contributed by atoms with van der Waals surface area (Å²) in [5.41, 5.74) is -2.17. The summed E-state index contributed by atoms with van der Waals surface area (Å²) in [7, 11) is 1.40. The Bertz CT molecular complexity index is 943. The standard InChI is InChI=1S/C22H29F2N3O6/c1-12(27(5)20(30)33-21(2,3)4)18(28)26-17-19(29)25-14-7-6-13(23)15(24)16(14)32-22(17)8-10-31-11-9-22/h6-7,12,17H,8-11H2,1-5H3,(H,25,29)(H,26,28)/t12-,17-/m0/s1. The molecule has 3 amide bonds. The van der Waals surface area contributed by atoms with Crippen LogP contribution >= 0.6 is 0 Å². The molecule has 0 bridgehead atoms. The van der Waals surface area contributed by atoms with E-state index >= 15 is 0 Å².